The van der Waals surface area contributed by atoms with Crippen LogP contribution in [0.5, 0.6) is 11.5 Å². The van der Waals surface area contributed by atoms with Crippen molar-refractivity contribution in [2.24, 2.45) is 0 Å². The van der Waals surface area contributed by atoms with Gasteiger partial charge in [-0.3, -0.25) is 9.69 Å². The molecule has 1 aliphatic rings. The van der Waals surface area contributed by atoms with Crippen LogP contribution in [0, 0.1) is 0 Å². The van der Waals surface area contributed by atoms with Gasteiger partial charge in [-0.25, -0.2) is 9.97 Å². The van der Waals surface area contributed by atoms with E-state index in [1.165, 1.54) is 6.08 Å². The first-order valence-electron chi connectivity index (χ1n) is 13.3. The lowest BCUT2D eigenvalue weighted by Gasteiger charge is -2.26. The predicted octanol–water partition coefficient (Wildman–Crippen LogP) is 5.95. The van der Waals surface area contributed by atoms with Crippen molar-refractivity contribution in [2.75, 3.05) is 43.5 Å². The second kappa shape index (κ2) is 13.0. The number of hydrogen-bond donors (Lipinski definition) is 2. The Morgan fingerprint density at radius 3 is 2.54 bits per heavy atom. The molecule has 1 aromatic heterocycles. The van der Waals surface area contributed by atoms with Gasteiger partial charge in [0, 0.05) is 29.9 Å². The minimum Gasteiger partial charge on any atom is -0.457 e. The van der Waals surface area contributed by atoms with Crippen LogP contribution < -0.4 is 15.4 Å². The molecule has 200 valence electrons. The molecule has 1 fully saturated rings. The lowest BCUT2D eigenvalue weighted by atomic mass is 10.0. The van der Waals surface area contributed by atoms with Crippen molar-refractivity contribution in [2.45, 2.75) is 19.3 Å². The topological polar surface area (TPSA) is 88.6 Å². The fourth-order valence-corrected chi connectivity index (χ4v) is 4.60. The van der Waals surface area contributed by atoms with E-state index in [1.807, 2.05) is 66.7 Å². The molecule has 1 aliphatic heterocycles. The summed E-state index contributed by atoms with van der Waals surface area (Å²) in [6.45, 7) is 8.26. The highest BCUT2D eigenvalue weighted by molar-refractivity contribution is 6.02. The average molecular weight is 524 g/mol. The lowest BCUT2D eigenvalue weighted by molar-refractivity contribution is -0.111. The number of unbranched alkanes of at least 4 members (excludes halogenated alkanes) is 1. The Balaban J connectivity index is 1.31. The summed E-state index contributed by atoms with van der Waals surface area (Å²) < 4.78 is 11.3. The van der Waals surface area contributed by atoms with Gasteiger partial charge in [-0.15, -0.1) is 0 Å². The largest absolute Gasteiger partial charge is 0.457 e. The quantitative estimate of drug-likeness (QED) is 0.186. The number of nitrogens with one attached hydrogen (secondary N) is 2. The van der Waals surface area contributed by atoms with Crippen LogP contribution in [-0.4, -0.2) is 53.6 Å². The van der Waals surface area contributed by atoms with Gasteiger partial charge < -0.3 is 20.1 Å². The number of amides is 1. The van der Waals surface area contributed by atoms with Crippen LogP contribution in [-0.2, 0) is 16.0 Å². The van der Waals surface area contributed by atoms with Crippen LogP contribution in [0.1, 0.15) is 18.4 Å². The number of ether oxygens (including phenoxy) is 2. The average Bonchev–Trinajstić information content (AvgIpc) is 2.98. The smallest absolute Gasteiger partial charge is 0.247 e. The number of carbonyl (C=O) groups excluding carboxylic acids is 1. The molecule has 8 heteroatoms. The number of benzene rings is 3. The standard InChI is InChI=1S/C31H33N5O3/c1-2-30(37)35-28-21-27-29(20-23(28)8-6-7-15-36-16-18-38-19-17-36)32-22-33-31(27)34-24-11-13-26(14-12-24)39-25-9-4-3-5-10-25/h2-5,9-14,20-22H,1,6-8,15-19H2,(H,35,37)(H,32,33,34). The van der Waals surface area contributed by atoms with Gasteiger partial charge in [0.25, 0.3) is 0 Å². The molecule has 0 spiro atoms. The fourth-order valence-electron chi connectivity index (χ4n) is 4.60. The number of carbonyl (C=O) groups is 1. The predicted molar refractivity (Wildman–Crippen MR) is 155 cm³/mol. The summed E-state index contributed by atoms with van der Waals surface area (Å²) in [6.07, 6.45) is 5.76. The molecule has 1 saturated heterocycles. The zero-order valence-electron chi connectivity index (χ0n) is 21.9. The van der Waals surface area contributed by atoms with Crippen molar-refractivity contribution >= 4 is 34.0 Å². The molecule has 3 aromatic carbocycles. The monoisotopic (exact) mass is 523 g/mol. The van der Waals surface area contributed by atoms with Gasteiger partial charge in [0.1, 0.15) is 23.6 Å². The fraction of sp³-hybridized carbons (Fsp3) is 0.258. The molecule has 0 radical (unpaired) electrons. The van der Waals surface area contributed by atoms with Gasteiger partial charge in [0.2, 0.25) is 5.91 Å². The Morgan fingerprint density at radius 2 is 1.77 bits per heavy atom. The van der Waals surface area contributed by atoms with Crippen LogP contribution >= 0.6 is 0 Å². The number of aryl methyl sites for hydroxylation is 1. The second-order valence-corrected chi connectivity index (χ2v) is 9.42. The third-order valence-corrected chi connectivity index (χ3v) is 6.67. The molecule has 2 N–H and O–H groups in total. The summed E-state index contributed by atoms with van der Waals surface area (Å²) in [6, 6.07) is 21.4. The Kier molecular flexibility index (Phi) is 8.78. The van der Waals surface area contributed by atoms with Crippen molar-refractivity contribution in [1.82, 2.24) is 14.9 Å². The number of rotatable bonds is 11. The summed E-state index contributed by atoms with van der Waals surface area (Å²) in [5.41, 5.74) is 3.48. The van der Waals surface area contributed by atoms with Gasteiger partial charge in [0.15, 0.2) is 0 Å². The first kappa shape index (κ1) is 26.3. The maximum atomic E-state index is 12.2. The minimum absolute atomic E-state index is 0.246. The molecule has 0 unspecified atom stereocenters. The maximum Gasteiger partial charge on any atom is 0.247 e. The molecule has 0 aliphatic carbocycles. The number of fused-ring (bicyclic) bond motifs is 1. The van der Waals surface area contributed by atoms with E-state index < -0.39 is 0 Å². The number of morpholine rings is 1. The van der Waals surface area contributed by atoms with Gasteiger partial charge in [0.05, 0.1) is 18.7 Å². The molecular weight excluding hydrogens is 490 g/mol. The Morgan fingerprint density at radius 1 is 1.00 bits per heavy atom. The van der Waals surface area contributed by atoms with E-state index in [0.29, 0.717) is 5.82 Å². The highest BCUT2D eigenvalue weighted by Crippen LogP contribution is 2.31. The van der Waals surface area contributed by atoms with Crippen molar-refractivity contribution in [3.8, 4) is 11.5 Å². The molecule has 0 atom stereocenters. The van der Waals surface area contributed by atoms with E-state index in [0.717, 1.165) is 91.5 Å². The van der Waals surface area contributed by atoms with Crippen molar-refractivity contribution in [1.29, 1.82) is 0 Å². The summed E-state index contributed by atoms with van der Waals surface area (Å²) in [7, 11) is 0. The summed E-state index contributed by atoms with van der Waals surface area (Å²) in [4.78, 5) is 23.7. The van der Waals surface area contributed by atoms with E-state index in [9.17, 15) is 4.79 Å². The van der Waals surface area contributed by atoms with Gasteiger partial charge >= 0.3 is 0 Å². The van der Waals surface area contributed by atoms with Crippen LogP contribution in [0.25, 0.3) is 10.9 Å². The van der Waals surface area contributed by atoms with E-state index >= 15 is 0 Å². The molecule has 4 aromatic rings. The Bertz CT molecular complexity index is 1400. The van der Waals surface area contributed by atoms with Crippen LogP contribution in [0.15, 0.2) is 85.7 Å². The molecule has 5 rings (SSSR count). The van der Waals surface area contributed by atoms with E-state index in [4.69, 9.17) is 9.47 Å². The second-order valence-electron chi connectivity index (χ2n) is 9.42. The molecule has 2 heterocycles. The van der Waals surface area contributed by atoms with Crippen LogP contribution in [0.2, 0.25) is 0 Å². The zero-order chi connectivity index (χ0) is 26.9. The summed E-state index contributed by atoms with van der Waals surface area (Å²) in [5.74, 6) is 1.94. The SMILES string of the molecule is C=CC(=O)Nc1cc2c(Nc3ccc(Oc4ccccc4)cc3)ncnc2cc1CCCCN1CCOCC1. The summed E-state index contributed by atoms with van der Waals surface area (Å²) in [5, 5.41) is 7.18. The molecule has 0 saturated carbocycles. The molecule has 1 amide bonds. The van der Waals surface area contributed by atoms with E-state index in [2.05, 4.69) is 32.1 Å². The van der Waals surface area contributed by atoms with Gasteiger partial charge in [-0.2, -0.15) is 0 Å². The molecule has 39 heavy (non-hydrogen) atoms. The van der Waals surface area contributed by atoms with Crippen molar-refractivity contribution < 1.29 is 14.3 Å². The minimum atomic E-state index is -0.246. The van der Waals surface area contributed by atoms with Crippen molar-refractivity contribution in [3.05, 3.63) is 91.3 Å². The number of anilines is 3. The number of aromatic nitrogens is 2. The molecular formula is C31H33N5O3. The highest BCUT2D eigenvalue weighted by atomic mass is 16.5. The Labute approximate surface area is 228 Å². The van der Waals surface area contributed by atoms with E-state index in [-0.39, 0.29) is 5.91 Å². The third kappa shape index (κ3) is 7.19. The van der Waals surface area contributed by atoms with Crippen molar-refractivity contribution in [3.63, 3.8) is 0 Å². The third-order valence-electron chi connectivity index (χ3n) is 6.67. The molecule has 8 nitrogen and oxygen atoms in total. The van der Waals surface area contributed by atoms with Crippen LogP contribution in [0.3, 0.4) is 0 Å². The Hall–Kier alpha value is -4.27. The normalized spacial score (nSPS) is 13.6. The zero-order valence-corrected chi connectivity index (χ0v) is 21.9. The summed E-state index contributed by atoms with van der Waals surface area (Å²) >= 11 is 0. The molecule has 0 bridgehead atoms. The van der Waals surface area contributed by atoms with Gasteiger partial charge in [-0.05, 0) is 86.0 Å². The maximum absolute atomic E-state index is 12.2. The van der Waals surface area contributed by atoms with E-state index in [1.54, 1.807) is 6.33 Å². The van der Waals surface area contributed by atoms with Crippen LogP contribution in [0.4, 0.5) is 17.2 Å². The first-order chi connectivity index (χ1) is 19.2. The lowest BCUT2D eigenvalue weighted by Crippen LogP contribution is -2.36. The van der Waals surface area contributed by atoms with Gasteiger partial charge in [-0.1, -0.05) is 24.8 Å². The first-order valence-corrected chi connectivity index (χ1v) is 13.3. The number of nitrogens with zero attached hydrogens (tertiary/aromatic N) is 3. The highest BCUT2D eigenvalue weighted by Gasteiger charge is 2.13. The number of hydrogen-bond acceptors (Lipinski definition) is 7. The number of para-hydroxylation sites is 1.